The minimum atomic E-state index is -0.517. The van der Waals surface area contributed by atoms with Crippen molar-refractivity contribution >= 4 is 17.5 Å². The largest absolute Gasteiger partial charge is 0.497 e. The standard InChI is InChI=1S/C13H18N2O4/c1-8(13(14)17)6-12(16)15-10-7-9(18-2)4-5-11(10)19-3/h4-5,7-8H,6H2,1-3H3,(H2,14,17)(H,15,16). The molecule has 1 unspecified atom stereocenters. The van der Waals surface area contributed by atoms with Crippen LogP contribution < -0.4 is 20.5 Å². The van der Waals surface area contributed by atoms with Gasteiger partial charge in [-0.3, -0.25) is 9.59 Å². The first-order chi connectivity index (χ1) is 8.97. The smallest absolute Gasteiger partial charge is 0.225 e. The molecule has 0 fully saturated rings. The number of hydrogen-bond donors (Lipinski definition) is 2. The quantitative estimate of drug-likeness (QED) is 0.808. The van der Waals surface area contributed by atoms with Crippen LogP contribution in [0, 0.1) is 5.92 Å². The fourth-order valence-electron chi connectivity index (χ4n) is 1.49. The van der Waals surface area contributed by atoms with E-state index in [1.807, 2.05) is 0 Å². The number of primary amides is 1. The van der Waals surface area contributed by atoms with E-state index in [1.165, 1.54) is 14.2 Å². The number of carbonyl (C=O) groups is 2. The number of carbonyl (C=O) groups excluding carboxylic acids is 2. The van der Waals surface area contributed by atoms with E-state index < -0.39 is 11.8 Å². The third-order valence-electron chi connectivity index (χ3n) is 2.66. The number of rotatable bonds is 6. The lowest BCUT2D eigenvalue weighted by Gasteiger charge is -2.12. The Labute approximate surface area is 111 Å². The van der Waals surface area contributed by atoms with Gasteiger partial charge >= 0.3 is 0 Å². The molecule has 6 heteroatoms. The number of nitrogens with one attached hydrogen (secondary N) is 1. The molecule has 0 saturated heterocycles. The van der Waals surface area contributed by atoms with Crippen molar-refractivity contribution in [3.63, 3.8) is 0 Å². The second-order valence-corrected chi connectivity index (χ2v) is 4.12. The van der Waals surface area contributed by atoms with E-state index in [2.05, 4.69) is 5.32 Å². The number of ether oxygens (including phenoxy) is 2. The number of nitrogens with two attached hydrogens (primary N) is 1. The Bertz CT molecular complexity index is 474. The Morgan fingerprint density at radius 1 is 1.32 bits per heavy atom. The van der Waals surface area contributed by atoms with Gasteiger partial charge in [0.15, 0.2) is 0 Å². The summed E-state index contributed by atoms with van der Waals surface area (Å²) in [6, 6.07) is 5.05. The van der Waals surface area contributed by atoms with Crippen molar-refractivity contribution in [2.45, 2.75) is 13.3 Å². The van der Waals surface area contributed by atoms with Crippen LogP contribution in [0.25, 0.3) is 0 Å². The molecule has 1 aromatic carbocycles. The molecule has 1 atom stereocenters. The molecule has 19 heavy (non-hydrogen) atoms. The van der Waals surface area contributed by atoms with E-state index in [0.29, 0.717) is 17.2 Å². The number of hydrogen-bond acceptors (Lipinski definition) is 4. The van der Waals surface area contributed by atoms with Gasteiger partial charge in [-0.2, -0.15) is 0 Å². The molecule has 0 aliphatic carbocycles. The van der Waals surface area contributed by atoms with Gasteiger partial charge in [-0.05, 0) is 12.1 Å². The van der Waals surface area contributed by atoms with E-state index in [1.54, 1.807) is 25.1 Å². The highest BCUT2D eigenvalue weighted by Gasteiger charge is 2.15. The SMILES string of the molecule is COc1ccc(OC)c(NC(=O)CC(C)C(N)=O)c1. The average molecular weight is 266 g/mol. The predicted molar refractivity (Wildman–Crippen MR) is 71.2 cm³/mol. The minimum Gasteiger partial charge on any atom is -0.497 e. The fourth-order valence-corrected chi connectivity index (χ4v) is 1.49. The van der Waals surface area contributed by atoms with Crippen LogP contribution in [0.2, 0.25) is 0 Å². The Morgan fingerprint density at radius 3 is 2.53 bits per heavy atom. The number of benzene rings is 1. The van der Waals surface area contributed by atoms with Gasteiger partial charge in [0.25, 0.3) is 0 Å². The Morgan fingerprint density at radius 2 is 2.00 bits per heavy atom. The summed E-state index contributed by atoms with van der Waals surface area (Å²) >= 11 is 0. The summed E-state index contributed by atoms with van der Waals surface area (Å²) in [6.45, 7) is 1.60. The van der Waals surface area contributed by atoms with Gasteiger partial charge in [-0.15, -0.1) is 0 Å². The topological polar surface area (TPSA) is 90.7 Å². The van der Waals surface area contributed by atoms with Crippen molar-refractivity contribution in [3.8, 4) is 11.5 Å². The molecule has 6 nitrogen and oxygen atoms in total. The molecule has 104 valence electrons. The van der Waals surface area contributed by atoms with Gasteiger partial charge < -0.3 is 20.5 Å². The van der Waals surface area contributed by atoms with E-state index >= 15 is 0 Å². The van der Waals surface area contributed by atoms with E-state index in [0.717, 1.165) is 0 Å². The second-order valence-electron chi connectivity index (χ2n) is 4.12. The van der Waals surface area contributed by atoms with Crippen LogP contribution in [-0.2, 0) is 9.59 Å². The van der Waals surface area contributed by atoms with Crippen molar-refractivity contribution in [2.24, 2.45) is 11.7 Å². The lowest BCUT2D eigenvalue weighted by atomic mass is 10.1. The van der Waals surface area contributed by atoms with Gasteiger partial charge in [0, 0.05) is 18.4 Å². The Balaban J connectivity index is 2.80. The lowest BCUT2D eigenvalue weighted by molar-refractivity contribution is -0.125. The molecule has 1 rings (SSSR count). The summed E-state index contributed by atoms with van der Waals surface area (Å²) in [6.07, 6.45) is 0.0235. The van der Waals surface area contributed by atoms with Crippen LogP contribution in [0.4, 0.5) is 5.69 Å². The number of methoxy groups -OCH3 is 2. The van der Waals surface area contributed by atoms with Crippen LogP contribution in [0.15, 0.2) is 18.2 Å². The molecule has 0 radical (unpaired) electrons. The van der Waals surface area contributed by atoms with Crippen molar-refractivity contribution < 1.29 is 19.1 Å². The maximum absolute atomic E-state index is 11.8. The van der Waals surface area contributed by atoms with Crippen LogP contribution in [0.1, 0.15) is 13.3 Å². The molecule has 3 N–H and O–H groups in total. The first-order valence-electron chi connectivity index (χ1n) is 5.79. The molecule has 0 heterocycles. The Hall–Kier alpha value is -2.24. The van der Waals surface area contributed by atoms with Crippen molar-refractivity contribution in [2.75, 3.05) is 19.5 Å². The fraction of sp³-hybridized carbons (Fsp3) is 0.385. The maximum Gasteiger partial charge on any atom is 0.225 e. The molecule has 0 bridgehead atoms. The molecule has 1 aromatic rings. The van der Waals surface area contributed by atoms with E-state index in [4.69, 9.17) is 15.2 Å². The van der Waals surface area contributed by atoms with Gasteiger partial charge in [-0.25, -0.2) is 0 Å². The van der Waals surface area contributed by atoms with Crippen LogP contribution in [0.5, 0.6) is 11.5 Å². The zero-order valence-electron chi connectivity index (χ0n) is 11.2. The zero-order valence-corrected chi connectivity index (χ0v) is 11.2. The normalized spacial score (nSPS) is 11.5. The van der Waals surface area contributed by atoms with Crippen molar-refractivity contribution in [3.05, 3.63) is 18.2 Å². The summed E-state index contributed by atoms with van der Waals surface area (Å²) in [5, 5.41) is 2.67. The highest BCUT2D eigenvalue weighted by atomic mass is 16.5. The first-order valence-corrected chi connectivity index (χ1v) is 5.79. The third-order valence-corrected chi connectivity index (χ3v) is 2.66. The first kappa shape index (κ1) is 14.8. The number of anilines is 1. The summed E-state index contributed by atoms with van der Waals surface area (Å²) in [7, 11) is 3.03. The van der Waals surface area contributed by atoms with Crippen LogP contribution in [-0.4, -0.2) is 26.0 Å². The number of amides is 2. The van der Waals surface area contributed by atoms with Gasteiger partial charge in [0.1, 0.15) is 11.5 Å². The molecule has 0 aliphatic heterocycles. The second kappa shape index (κ2) is 6.63. The monoisotopic (exact) mass is 266 g/mol. The van der Waals surface area contributed by atoms with Gasteiger partial charge in [0.2, 0.25) is 11.8 Å². The predicted octanol–water partition coefficient (Wildman–Crippen LogP) is 1.15. The molecule has 0 aliphatic rings. The minimum absolute atomic E-state index is 0.0235. The Kier molecular flexibility index (Phi) is 5.17. The molecule has 0 aromatic heterocycles. The highest BCUT2D eigenvalue weighted by molar-refractivity contribution is 5.95. The van der Waals surface area contributed by atoms with Crippen LogP contribution in [0.3, 0.4) is 0 Å². The summed E-state index contributed by atoms with van der Waals surface area (Å²) < 4.78 is 10.2. The van der Waals surface area contributed by atoms with E-state index in [9.17, 15) is 9.59 Å². The summed E-state index contributed by atoms with van der Waals surface area (Å²) in [4.78, 5) is 22.7. The van der Waals surface area contributed by atoms with E-state index in [-0.39, 0.29) is 12.3 Å². The van der Waals surface area contributed by atoms with Crippen LogP contribution >= 0.6 is 0 Å². The average Bonchev–Trinajstić information content (AvgIpc) is 2.38. The zero-order chi connectivity index (χ0) is 14.4. The third kappa shape index (κ3) is 4.17. The molecule has 2 amide bonds. The lowest BCUT2D eigenvalue weighted by Crippen LogP contribution is -2.25. The molecular formula is C13H18N2O4. The van der Waals surface area contributed by atoms with Gasteiger partial charge in [-0.1, -0.05) is 6.92 Å². The molecule has 0 saturated carbocycles. The van der Waals surface area contributed by atoms with Gasteiger partial charge in [0.05, 0.1) is 19.9 Å². The highest BCUT2D eigenvalue weighted by Crippen LogP contribution is 2.29. The molecular weight excluding hydrogens is 248 g/mol. The molecule has 0 spiro atoms. The maximum atomic E-state index is 11.8. The van der Waals surface area contributed by atoms with Crippen molar-refractivity contribution in [1.29, 1.82) is 0 Å². The van der Waals surface area contributed by atoms with Crippen molar-refractivity contribution in [1.82, 2.24) is 0 Å². The summed E-state index contributed by atoms with van der Waals surface area (Å²) in [5.74, 6) is -0.220. The summed E-state index contributed by atoms with van der Waals surface area (Å²) in [5.41, 5.74) is 5.61.